The summed E-state index contributed by atoms with van der Waals surface area (Å²) in [6.45, 7) is 5.16. The van der Waals surface area contributed by atoms with Gasteiger partial charge in [0.25, 0.3) is 0 Å². The number of piperidine rings is 1. The molecule has 14 atom stereocenters. The van der Waals surface area contributed by atoms with E-state index in [9.17, 15) is 5.11 Å². The third-order valence-corrected chi connectivity index (χ3v) is 12.3. The Bertz CT molecular complexity index is 859. The van der Waals surface area contributed by atoms with Crippen LogP contribution in [-0.2, 0) is 28.4 Å². The highest BCUT2D eigenvalue weighted by atomic mass is 16.7. The van der Waals surface area contributed by atoms with Crippen molar-refractivity contribution in [2.45, 2.75) is 74.3 Å². The van der Waals surface area contributed by atoms with Crippen LogP contribution in [0.4, 0.5) is 0 Å². The first-order chi connectivity index (χ1) is 16.5. The number of nitrogens with one attached hydrogen (secondary N) is 1. The number of aliphatic hydroxyl groups excluding tert-OH is 1. The van der Waals surface area contributed by atoms with Gasteiger partial charge in [-0.15, -0.1) is 0 Å². The minimum Gasteiger partial charge on any atom is -0.389 e. The fraction of sp³-hybridized carbons (Fsp3) is 1.00. The van der Waals surface area contributed by atoms with Crippen LogP contribution in [0.2, 0.25) is 0 Å². The molecule has 5 saturated carbocycles. The Morgan fingerprint density at radius 1 is 1.09 bits per heavy atom. The summed E-state index contributed by atoms with van der Waals surface area (Å²) in [6.07, 6.45) is 3.32. The monoisotopic (exact) mass is 480 g/mol. The summed E-state index contributed by atoms with van der Waals surface area (Å²) in [6, 6.07) is 0.121. The molecule has 2 aliphatic heterocycles. The van der Waals surface area contributed by atoms with Crippen molar-refractivity contribution in [3.63, 3.8) is 0 Å². The predicted molar refractivity (Wildman–Crippen MR) is 120 cm³/mol. The van der Waals surface area contributed by atoms with E-state index in [1.807, 2.05) is 28.4 Å². The summed E-state index contributed by atoms with van der Waals surface area (Å²) in [5.74, 6) is 0.877. The average Bonchev–Trinajstić information content (AvgIpc) is 3.42. The molecule has 14 unspecified atom stereocenters. The number of quaternary nitrogens is 1. The van der Waals surface area contributed by atoms with E-state index in [0.717, 1.165) is 38.8 Å². The van der Waals surface area contributed by atoms with E-state index in [1.54, 1.807) is 0 Å². The fourth-order valence-electron chi connectivity index (χ4n) is 12.0. The van der Waals surface area contributed by atoms with Crippen molar-refractivity contribution in [2.24, 2.45) is 34.5 Å². The first kappa shape index (κ1) is 22.8. The second-order valence-electron chi connectivity index (χ2n) is 12.4. The Labute approximate surface area is 202 Å². The maximum atomic E-state index is 12.6. The van der Waals surface area contributed by atoms with Gasteiger partial charge in [0, 0.05) is 58.0 Å². The van der Waals surface area contributed by atoms with Gasteiger partial charge in [-0.3, -0.25) is 0 Å². The van der Waals surface area contributed by atoms with Gasteiger partial charge in [0.2, 0.25) is 0 Å². The Morgan fingerprint density at radius 2 is 1.91 bits per heavy atom. The van der Waals surface area contributed by atoms with Crippen molar-refractivity contribution in [1.82, 2.24) is 0 Å². The lowest BCUT2D eigenvalue weighted by molar-refractivity contribution is -0.955. The zero-order valence-corrected chi connectivity index (χ0v) is 21.2. The molecule has 0 amide bonds. The largest absolute Gasteiger partial charge is 0.389 e. The normalized spacial score (nSPS) is 62.6. The van der Waals surface area contributed by atoms with E-state index in [4.69, 9.17) is 28.4 Å². The van der Waals surface area contributed by atoms with Crippen molar-refractivity contribution < 1.29 is 38.4 Å². The highest BCUT2D eigenvalue weighted by Gasteiger charge is 2.95. The van der Waals surface area contributed by atoms with Crippen LogP contribution in [0, 0.1) is 34.5 Å². The molecule has 0 aromatic rings. The molecule has 7 rings (SSSR count). The van der Waals surface area contributed by atoms with Gasteiger partial charge in [-0.2, -0.15) is 0 Å². The molecule has 0 aromatic heterocycles. The predicted octanol–water partition coefficient (Wildman–Crippen LogP) is -0.126. The Morgan fingerprint density at radius 3 is 2.59 bits per heavy atom. The lowest BCUT2D eigenvalue weighted by Crippen LogP contribution is -3.23. The number of likely N-dealkylation sites (tertiary alicyclic amines) is 1. The quantitative estimate of drug-likeness (QED) is 0.549. The molecule has 2 saturated heterocycles. The molecule has 7 bridgehead atoms. The van der Waals surface area contributed by atoms with Crippen LogP contribution < -0.4 is 4.90 Å². The Balaban J connectivity index is 1.55. The van der Waals surface area contributed by atoms with Crippen LogP contribution in [0.15, 0.2) is 0 Å². The zero-order chi connectivity index (χ0) is 23.7. The number of hydrogen-bond donors (Lipinski definition) is 2. The highest BCUT2D eigenvalue weighted by molar-refractivity contribution is 5.40. The standard InChI is InChI=1S/C26H41NO7/c1-6-27-11-23(12-29-2)8-7-17(31-4)25-15-9-14-16(30-3)10-24(18(15)19(14)32-5)26(22(25)27,34-13-33-24)21(28)20(23)25/h14-22,28H,6-13H2,1-5H3/p+1. The zero-order valence-electron chi connectivity index (χ0n) is 21.2. The van der Waals surface area contributed by atoms with E-state index >= 15 is 0 Å². The Kier molecular flexibility index (Phi) is 4.81. The van der Waals surface area contributed by atoms with Crippen molar-refractivity contribution in [3.05, 3.63) is 0 Å². The molecule has 2 heterocycles. The van der Waals surface area contributed by atoms with Crippen LogP contribution in [0.25, 0.3) is 0 Å². The minimum absolute atomic E-state index is 0.0333. The van der Waals surface area contributed by atoms with E-state index < -0.39 is 17.3 Å². The van der Waals surface area contributed by atoms with Crippen LogP contribution in [0.1, 0.15) is 32.6 Å². The van der Waals surface area contributed by atoms with Crippen molar-refractivity contribution in [2.75, 3.05) is 54.9 Å². The summed E-state index contributed by atoms with van der Waals surface area (Å²) < 4.78 is 38.4. The number of ether oxygens (including phenoxy) is 6. The van der Waals surface area contributed by atoms with Crippen LogP contribution >= 0.6 is 0 Å². The van der Waals surface area contributed by atoms with Crippen LogP contribution in [0.3, 0.4) is 0 Å². The summed E-state index contributed by atoms with van der Waals surface area (Å²) >= 11 is 0. The number of rotatable bonds is 6. The first-order valence-electron chi connectivity index (χ1n) is 13.3. The molecular formula is C26H42NO7+. The van der Waals surface area contributed by atoms with Gasteiger partial charge in [0.05, 0.1) is 49.5 Å². The summed E-state index contributed by atoms with van der Waals surface area (Å²) in [4.78, 5) is 1.52. The summed E-state index contributed by atoms with van der Waals surface area (Å²) in [5, 5.41) is 12.6. The van der Waals surface area contributed by atoms with E-state index in [2.05, 4.69) is 6.92 Å². The molecular weight excluding hydrogens is 438 g/mol. The topological polar surface area (TPSA) is 80.1 Å². The van der Waals surface area contributed by atoms with Gasteiger partial charge < -0.3 is 38.4 Å². The molecule has 7 fully saturated rings. The molecule has 2 N–H and O–H groups in total. The van der Waals surface area contributed by atoms with Gasteiger partial charge in [-0.1, -0.05) is 0 Å². The third-order valence-electron chi connectivity index (χ3n) is 12.3. The summed E-state index contributed by atoms with van der Waals surface area (Å²) in [5.41, 5.74) is -1.70. The molecule has 34 heavy (non-hydrogen) atoms. The lowest BCUT2D eigenvalue weighted by atomic mass is 9.42. The molecule has 7 aliphatic rings. The van der Waals surface area contributed by atoms with E-state index in [-0.39, 0.29) is 53.8 Å². The second kappa shape index (κ2) is 7.16. The summed E-state index contributed by atoms with van der Waals surface area (Å²) in [7, 11) is 7.35. The smallest absolute Gasteiger partial charge is 0.178 e. The van der Waals surface area contributed by atoms with Gasteiger partial charge in [0.1, 0.15) is 18.4 Å². The minimum atomic E-state index is -0.788. The highest BCUT2D eigenvalue weighted by Crippen LogP contribution is 2.80. The third kappa shape index (κ3) is 2.05. The molecule has 3 spiro atoms. The lowest BCUT2D eigenvalue weighted by Gasteiger charge is -2.67. The number of hydrogen-bond acceptors (Lipinski definition) is 7. The molecule has 0 radical (unpaired) electrons. The van der Waals surface area contributed by atoms with Gasteiger partial charge in [-0.25, -0.2) is 0 Å². The maximum absolute atomic E-state index is 12.6. The molecule has 8 nitrogen and oxygen atoms in total. The second-order valence-corrected chi connectivity index (χ2v) is 12.4. The van der Waals surface area contributed by atoms with Gasteiger partial charge in [-0.05, 0) is 32.1 Å². The molecule has 8 heteroatoms. The number of likely N-dealkylation sites (N-methyl/N-ethyl adjacent to an activating group) is 1. The average molecular weight is 481 g/mol. The SMILES string of the molecule is CC[NH+]1CC2(COC)CCC(OC)C34C5CC6C(OC)CC7(OCOC7(C(O)C23)C14)C5C6OC. The number of fused-ring (bicyclic) bond motifs is 1. The first-order valence-corrected chi connectivity index (χ1v) is 13.3. The van der Waals surface area contributed by atoms with Crippen molar-refractivity contribution in [1.29, 1.82) is 0 Å². The van der Waals surface area contributed by atoms with Gasteiger partial charge in [0.15, 0.2) is 5.60 Å². The Hall–Kier alpha value is -0.320. The van der Waals surface area contributed by atoms with E-state index in [1.165, 1.54) is 4.90 Å². The van der Waals surface area contributed by atoms with Crippen LogP contribution in [0.5, 0.6) is 0 Å². The fourth-order valence-corrected chi connectivity index (χ4v) is 12.0. The molecule has 0 aromatic carbocycles. The van der Waals surface area contributed by atoms with Crippen molar-refractivity contribution in [3.8, 4) is 0 Å². The number of aliphatic hydroxyl groups is 1. The molecule has 5 aliphatic carbocycles. The number of methoxy groups -OCH3 is 4. The molecule has 192 valence electrons. The van der Waals surface area contributed by atoms with E-state index in [0.29, 0.717) is 18.4 Å². The van der Waals surface area contributed by atoms with Crippen molar-refractivity contribution >= 4 is 0 Å². The maximum Gasteiger partial charge on any atom is 0.178 e. The van der Waals surface area contributed by atoms with Gasteiger partial charge >= 0.3 is 0 Å². The van der Waals surface area contributed by atoms with Crippen LogP contribution in [-0.4, -0.2) is 102 Å².